The topological polar surface area (TPSA) is 95.0 Å². The highest BCUT2D eigenvalue weighted by molar-refractivity contribution is 6.01. The Morgan fingerprint density at radius 1 is 1.35 bits per heavy atom. The van der Waals surface area contributed by atoms with Crippen LogP contribution in [0, 0.1) is 6.92 Å². The maximum atomic E-state index is 9.90. The van der Waals surface area contributed by atoms with Gasteiger partial charge in [-0.15, -0.1) is 0 Å². The van der Waals surface area contributed by atoms with Crippen molar-refractivity contribution in [2.75, 3.05) is 4.90 Å². The molecule has 1 aromatic heterocycles. The van der Waals surface area contributed by atoms with Gasteiger partial charge in [0.25, 0.3) is 0 Å². The number of nitrogens with zero attached hydrogens (tertiary/aromatic N) is 3. The number of rotatable bonds is 2. The fourth-order valence-electron chi connectivity index (χ4n) is 3.49. The van der Waals surface area contributed by atoms with E-state index in [9.17, 15) is 5.11 Å². The summed E-state index contributed by atoms with van der Waals surface area (Å²) in [6.45, 7) is 1.93. The number of hydrogen-bond acceptors (Lipinski definition) is 5. The monoisotopic (exact) mass is 276 g/mol. The summed E-state index contributed by atoms with van der Waals surface area (Å²) in [6, 6.07) is 4.29. The van der Waals surface area contributed by atoms with Gasteiger partial charge in [0.2, 0.25) is 0 Å². The molecule has 0 saturated carbocycles. The summed E-state index contributed by atoms with van der Waals surface area (Å²) in [7, 11) is 0. The van der Waals surface area contributed by atoms with Gasteiger partial charge in [0, 0.05) is 17.8 Å². The number of aliphatic hydroxyl groups is 1. The summed E-state index contributed by atoms with van der Waals surface area (Å²) in [5.74, 6) is 0.859. The van der Waals surface area contributed by atoms with Crippen molar-refractivity contribution in [1.29, 1.82) is 0 Å². The van der Waals surface area contributed by atoms with Crippen molar-refractivity contribution in [3.63, 3.8) is 0 Å². The molecule has 4 N–H and O–H groups in total. The molecule has 2 aliphatic heterocycles. The number of pyridine rings is 1. The van der Waals surface area contributed by atoms with Crippen LogP contribution < -0.4 is 10.6 Å². The van der Waals surface area contributed by atoms with Gasteiger partial charge in [0.15, 0.2) is 5.84 Å². The van der Waals surface area contributed by atoms with E-state index in [1.54, 1.807) is 0 Å². The molecule has 0 aliphatic carbocycles. The molecule has 1 aromatic rings. The van der Waals surface area contributed by atoms with Crippen molar-refractivity contribution in [2.45, 2.75) is 50.8 Å². The molecule has 2 bridgehead atoms. The number of nitrogens with two attached hydrogens (primary N) is 1. The predicted molar refractivity (Wildman–Crippen MR) is 76.0 cm³/mol. The molecule has 2 saturated heterocycles. The summed E-state index contributed by atoms with van der Waals surface area (Å²) in [6.07, 6.45) is 3.43. The van der Waals surface area contributed by atoms with E-state index in [4.69, 9.17) is 10.9 Å². The van der Waals surface area contributed by atoms with Gasteiger partial charge >= 0.3 is 0 Å². The zero-order valence-electron chi connectivity index (χ0n) is 11.5. The Balaban J connectivity index is 2.04. The third-order valence-electron chi connectivity index (χ3n) is 4.35. The van der Waals surface area contributed by atoms with Crippen molar-refractivity contribution in [2.24, 2.45) is 10.9 Å². The Hall–Kier alpha value is -1.82. The van der Waals surface area contributed by atoms with Crippen LogP contribution in [0.1, 0.15) is 36.9 Å². The first-order valence-corrected chi connectivity index (χ1v) is 7.02. The molecule has 2 aliphatic rings. The summed E-state index contributed by atoms with van der Waals surface area (Å²) in [5.41, 5.74) is 7.34. The number of amidine groups is 1. The lowest BCUT2D eigenvalue weighted by atomic mass is 9.99. The van der Waals surface area contributed by atoms with Crippen LogP contribution in [0.15, 0.2) is 17.3 Å². The van der Waals surface area contributed by atoms with E-state index in [1.165, 1.54) is 0 Å². The number of anilines is 1. The molecule has 0 amide bonds. The van der Waals surface area contributed by atoms with E-state index in [-0.39, 0.29) is 11.9 Å². The lowest BCUT2D eigenvalue weighted by Gasteiger charge is -2.39. The number of aromatic nitrogens is 1. The van der Waals surface area contributed by atoms with E-state index >= 15 is 0 Å². The Bertz CT molecular complexity index is 532. The van der Waals surface area contributed by atoms with Crippen LogP contribution in [0.25, 0.3) is 0 Å². The van der Waals surface area contributed by atoms with Crippen LogP contribution in [0.4, 0.5) is 5.82 Å². The molecular formula is C14H20N4O2. The number of hydrogen-bond donors (Lipinski definition) is 3. The van der Waals surface area contributed by atoms with Gasteiger partial charge in [0.1, 0.15) is 5.82 Å². The van der Waals surface area contributed by atoms with E-state index < -0.39 is 0 Å². The maximum Gasteiger partial charge on any atom is 0.173 e. The van der Waals surface area contributed by atoms with E-state index in [0.29, 0.717) is 17.6 Å². The standard InChI is InChI=1S/C14H20N4O2/c1-8-2-5-12(13(15)17-20)14(16-8)18-9-3-4-10(18)7-11(19)6-9/h2,5,9-11,19-20H,3-4,6-7H2,1H3,(H2,15,17). The highest BCUT2D eigenvalue weighted by atomic mass is 16.4. The summed E-state index contributed by atoms with van der Waals surface area (Å²) < 4.78 is 0. The zero-order valence-corrected chi connectivity index (χ0v) is 11.5. The van der Waals surface area contributed by atoms with Crippen LogP contribution in [0.2, 0.25) is 0 Å². The van der Waals surface area contributed by atoms with E-state index in [2.05, 4.69) is 15.0 Å². The number of aryl methyl sites for hydroxylation is 1. The summed E-state index contributed by atoms with van der Waals surface area (Å²) >= 11 is 0. The van der Waals surface area contributed by atoms with Crippen LogP contribution in [-0.2, 0) is 0 Å². The summed E-state index contributed by atoms with van der Waals surface area (Å²) in [4.78, 5) is 6.86. The molecule has 3 heterocycles. The smallest absolute Gasteiger partial charge is 0.173 e. The van der Waals surface area contributed by atoms with Gasteiger partial charge in [-0.25, -0.2) is 4.98 Å². The Morgan fingerprint density at radius 3 is 2.60 bits per heavy atom. The number of aliphatic hydroxyl groups excluding tert-OH is 1. The second kappa shape index (κ2) is 4.94. The number of piperidine rings is 1. The SMILES string of the molecule is Cc1ccc(C(N)=NO)c(N2C3CCC2CC(O)C3)n1. The first kappa shape index (κ1) is 13.2. The molecule has 2 unspecified atom stereocenters. The molecule has 20 heavy (non-hydrogen) atoms. The van der Waals surface area contributed by atoms with Gasteiger partial charge in [-0.05, 0) is 44.7 Å². The highest BCUT2D eigenvalue weighted by Crippen LogP contribution is 2.39. The van der Waals surface area contributed by atoms with Crippen LogP contribution >= 0.6 is 0 Å². The Morgan fingerprint density at radius 2 is 2.00 bits per heavy atom. The molecule has 108 valence electrons. The average molecular weight is 276 g/mol. The second-order valence-corrected chi connectivity index (χ2v) is 5.73. The third kappa shape index (κ3) is 2.10. The third-order valence-corrected chi connectivity index (χ3v) is 4.35. The Kier molecular flexibility index (Phi) is 3.25. The molecule has 0 radical (unpaired) electrons. The molecule has 6 nitrogen and oxygen atoms in total. The van der Waals surface area contributed by atoms with Gasteiger partial charge in [-0.3, -0.25) is 0 Å². The van der Waals surface area contributed by atoms with Crippen LogP contribution in [-0.4, -0.2) is 39.3 Å². The minimum Gasteiger partial charge on any atom is -0.409 e. The maximum absolute atomic E-state index is 9.90. The second-order valence-electron chi connectivity index (χ2n) is 5.73. The van der Waals surface area contributed by atoms with E-state index in [1.807, 2.05) is 19.1 Å². The first-order valence-electron chi connectivity index (χ1n) is 7.02. The lowest BCUT2D eigenvalue weighted by molar-refractivity contribution is 0.126. The molecule has 6 heteroatoms. The minimum atomic E-state index is -0.221. The first-order chi connectivity index (χ1) is 9.60. The molecular weight excluding hydrogens is 256 g/mol. The van der Waals surface area contributed by atoms with Crippen molar-refractivity contribution >= 4 is 11.7 Å². The molecule has 2 atom stereocenters. The van der Waals surface area contributed by atoms with E-state index in [0.717, 1.165) is 37.2 Å². The quantitative estimate of drug-likeness (QED) is 0.324. The minimum absolute atomic E-state index is 0.0815. The fourth-order valence-corrected chi connectivity index (χ4v) is 3.49. The fraction of sp³-hybridized carbons (Fsp3) is 0.571. The molecule has 2 fully saturated rings. The molecule has 0 aromatic carbocycles. The molecule has 3 rings (SSSR count). The van der Waals surface area contributed by atoms with Gasteiger partial charge in [-0.2, -0.15) is 0 Å². The number of oxime groups is 1. The van der Waals surface area contributed by atoms with Crippen molar-refractivity contribution in [3.05, 3.63) is 23.4 Å². The highest BCUT2D eigenvalue weighted by Gasteiger charge is 2.41. The largest absolute Gasteiger partial charge is 0.409 e. The van der Waals surface area contributed by atoms with Crippen molar-refractivity contribution in [1.82, 2.24) is 4.98 Å². The van der Waals surface area contributed by atoms with Gasteiger partial charge < -0.3 is 20.9 Å². The zero-order chi connectivity index (χ0) is 14.3. The van der Waals surface area contributed by atoms with Crippen LogP contribution in [0.5, 0.6) is 0 Å². The number of fused-ring (bicyclic) bond motifs is 2. The van der Waals surface area contributed by atoms with Gasteiger partial charge in [-0.1, -0.05) is 5.16 Å². The Labute approximate surface area is 117 Å². The van der Waals surface area contributed by atoms with Crippen molar-refractivity contribution < 1.29 is 10.3 Å². The average Bonchev–Trinajstić information content (AvgIpc) is 2.70. The lowest BCUT2D eigenvalue weighted by Crippen LogP contribution is -2.46. The predicted octanol–water partition coefficient (Wildman–Crippen LogP) is 0.977. The van der Waals surface area contributed by atoms with Crippen molar-refractivity contribution in [3.8, 4) is 0 Å². The summed E-state index contributed by atoms with van der Waals surface area (Å²) in [5, 5.41) is 22.0. The van der Waals surface area contributed by atoms with Gasteiger partial charge in [0.05, 0.1) is 11.7 Å². The van der Waals surface area contributed by atoms with Crippen LogP contribution in [0.3, 0.4) is 0 Å². The molecule has 0 spiro atoms. The normalized spacial score (nSPS) is 29.8.